The monoisotopic (exact) mass is 282 g/mol. The average molecular weight is 283 g/mol. The van der Waals surface area contributed by atoms with E-state index in [9.17, 15) is 4.79 Å². The molecule has 0 aliphatic carbocycles. The first-order valence-electron chi connectivity index (χ1n) is 5.15. The topological polar surface area (TPSA) is 17.1 Å². The van der Waals surface area contributed by atoms with Crippen LogP contribution in [0.4, 0.5) is 0 Å². The molecule has 0 atom stereocenters. The first-order valence-corrected chi connectivity index (χ1v) is 7.46. The Morgan fingerprint density at radius 3 is 2.94 bits per heavy atom. The molecule has 0 radical (unpaired) electrons. The molecule has 4 heteroatoms. The first kappa shape index (κ1) is 12.7. The second kappa shape index (κ2) is 6.24. The van der Waals surface area contributed by atoms with Gasteiger partial charge in [-0.25, -0.2) is 0 Å². The predicted molar refractivity (Wildman–Crippen MR) is 75.2 cm³/mol. The van der Waals surface area contributed by atoms with Gasteiger partial charge in [-0.15, -0.1) is 11.8 Å². The lowest BCUT2D eigenvalue weighted by Gasteiger charge is -2.01. The quantitative estimate of drug-likeness (QED) is 0.761. The fourth-order valence-electron chi connectivity index (χ4n) is 1.39. The minimum Gasteiger partial charge on any atom is -0.298 e. The minimum atomic E-state index is 0.244. The smallest absolute Gasteiger partial charge is 0.147 e. The zero-order valence-corrected chi connectivity index (χ0v) is 11.4. The molecule has 0 fully saturated rings. The summed E-state index contributed by atoms with van der Waals surface area (Å²) in [6.07, 6.45) is 0.525. The molecular formula is C13H11ClOS2. The van der Waals surface area contributed by atoms with E-state index in [2.05, 4.69) is 0 Å². The molecule has 1 aromatic heterocycles. The highest BCUT2D eigenvalue weighted by Crippen LogP contribution is 2.22. The Morgan fingerprint density at radius 2 is 2.24 bits per heavy atom. The van der Waals surface area contributed by atoms with Gasteiger partial charge >= 0.3 is 0 Å². The molecule has 2 aromatic rings. The van der Waals surface area contributed by atoms with Crippen LogP contribution in [0.15, 0.2) is 46.0 Å². The summed E-state index contributed by atoms with van der Waals surface area (Å²) in [6.45, 7) is 0. The molecule has 0 saturated carbocycles. The van der Waals surface area contributed by atoms with Crippen LogP contribution in [0.2, 0.25) is 5.02 Å². The zero-order valence-electron chi connectivity index (χ0n) is 9.06. The van der Waals surface area contributed by atoms with Crippen molar-refractivity contribution in [2.75, 3.05) is 5.75 Å². The van der Waals surface area contributed by atoms with Crippen molar-refractivity contribution < 1.29 is 4.79 Å². The van der Waals surface area contributed by atoms with E-state index in [1.165, 1.54) is 11.8 Å². The third-order valence-electron chi connectivity index (χ3n) is 2.18. The third kappa shape index (κ3) is 4.19. The molecule has 1 nitrogen and oxygen atoms in total. The highest BCUT2D eigenvalue weighted by atomic mass is 35.5. The summed E-state index contributed by atoms with van der Waals surface area (Å²) in [4.78, 5) is 12.8. The molecule has 0 aliphatic heterocycles. The van der Waals surface area contributed by atoms with Crippen LogP contribution in [-0.4, -0.2) is 11.5 Å². The largest absolute Gasteiger partial charge is 0.298 e. The van der Waals surface area contributed by atoms with Gasteiger partial charge in [0.2, 0.25) is 0 Å². The Labute approximate surface area is 114 Å². The summed E-state index contributed by atoms with van der Waals surface area (Å²) in [5.41, 5.74) is 1.10. The average Bonchev–Trinajstić information content (AvgIpc) is 2.79. The lowest BCUT2D eigenvalue weighted by atomic mass is 10.2. The van der Waals surface area contributed by atoms with Crippen molar-refractivity contribution >= 4 is 40.5 Å². The highest BCUT2D eigenvalue weighted by molar-refractivity contribution is 8.00. The number of hydrogen-bond acceptors (Lipinski definition) is 3. The van der Waals surface area contributed by atoms with Crippen LogP contribution in [-0.2, 0) is 11.2 Å². The maximum absolute atomic E-state index is 11.7. The van der Waals surface area contributed by atoms with E-state index in [0.717, 1.165) is 10.5 Å². The van der Waals surface area contributed by atoms with Gasteiger partial charge in [-0.1, -0.05) is 17.7 Å². The molecule has 0 amide bonds. The van der Waals surface area contributed by atoms with Gasteiger partial charge in [0.25, 0.3) is 0 Å². The van der Waals surface area contributed by atoms with Crippen LogP contribution in [0.5, 0.6) is 0 Å². The van der Waals surface area contributed by atoms with Gasteiger partial charge in [0.05, 0.1) is 5.75 Å². The third-order valence-corrected chi connectivity index (χ3v) is 4.20. The fraction of sp³-hybridized carbons (Fsp3) is 0.154. The molecular weight excluding hydrogens is 272 g/mol. The van der Waals surface area contributed by atoms with E-state index in [0.29, 0.717) is 17.2 Å². The van der Waals surface area contributed by atoms with E-state index >= 15 is 0 Å². The van der Waals surface area contributed by atoms with Crippen LogP contribution in [0.1, 0.15) is 5.56 Å². The molecule has 0 bridgehead atoms. The molecule has 17 heavy (non-hydrogen) atoms. The van der Waals surface area contributed by atoms with Crippen molar-refractivity contribution in [3.63, 3.8) is 0 Å². The molecule has 0 N–H and O–H groups in total. The SMILES string of the molecule is O=C(CSc1cccc(Cl)c1)Cc1ccsc1. The fourth-order valence-corrected chi connectivity index (χ4v) is 3.13. The van der Waals surface area contributed by atoms with Crippen molar-refractivity contribution in [2.45, 2.75) is 11.3 Å². The lowest BCUT2D eigenvalue weighted by molar-refractivity contribution is -0.115. The molecule has 1 heterocycles. The maximum atomic E-state index is 11.7. The van der Waals surface area contributed by atoms with Gasteiger partial charge in [-0.3, -0.25) is 4.79 Å². The number of halogens is 1. The second-order valence-electron chi connectivity index (χ2n) is 3.59. The molecule has 0 unspecified atom stereocenters. The number of ketones is 1. The Morgan fingerprint density at radius 1 is 1.35 bits per heavy atom. The molecule has 0 saturated heterocycles. The number of benzene rings is 1. The molecule has 1 aromatic carbocycles. The first-order chi connectivity index (χ1) is 8.24. The normalized spacial score (nSPS) is 10.4. The highest BCUT2D eigenvalue weighted by Gasteiger charge is 2.05. The van der Waals surface area contributed by atoms with E-state index in [1.54, 1.807) is 11.3 Å². The predicted octanol–water partition coefficient (Wildman–Crippen LogP) is 4.31. The maximum Gasteiger partial charge on any atom is 0.147 e. The van der Waals surface area contributed by atoms with E-state index in [-0.39, 0.29) is 5.78 Å². The second-order valence-corrected chi connectivity index (χ2v) is 5.86. The molecule has 0 spiro atoms. The Balaban J connectivity index is 1.84. The minimum absolute atomic E-state index is 0.244. The van der Waals surface area contributed by atoms with E-state index < -0.39 is 0 Å². The van der Waals surface area contributed by atoms with Crippen LogP contribution >= 0.6 is 34.7 Å². The van der Waals surface area contributed by atoms with Crippen molar-refractivity contribution in [3.05, 3.63) is 51.7 Å². The van der Waals surface area contributed by atoms with Gasteiger partial charge < -0.3 is 0 Å². The van der Waals surface area contributed by atoms with Crippen LogP contribution < -0.4 is 0 Å². The van der Waals surface area contributed by atoms with Gasteiger partial charge in [0, 0.05) is 16.3 Å². The summed E-state index contributed by atoms with van der Waals surface area (Å²) in [6, 6.07) is 9.57. The number of thiophene rings is 1. The standard InChI is InChI=1S/C13H11ClOS2/c14-11-2-1-3-13(7-11)17-9-12(15)6-10-4-5-16-8-10/h1-5,7-8H,6,9H2. The van der Waals surface area contributed by atoms with E-state index in [1.807, 2.05) is 41.1 Å². The van der Waals surface area contributed by atoms with Crippen LogP contribution in [0, 0.1) is 0 Å². The summed E-state index contributed by atoms with van der Waals surface area (Å²) < 4.78 is 0. The number of carbonyl (C=O) groups excluding carboxylic acids is 1. The summed E-state index contributed by atoms with van der Waals surface area (Å²) >= 11 is 9.03. The van der Waals surface area contributed by atoms with Crippen molar-refractivity contribution in [1.29, 1.82) is 0 Å². The number of thioether (sulfide) groups is 1. The molecule has 0 aliphatic rings. The Kier molecular flexibility index (Phi) is 4.66. The van der Waals surface area contributed by atoms with Gasteiger partial charge in [0.1, 0.15) is 5.78 Å². The van der Waals surface area contributed by atoms with Gasteiger partial charge in [0.15, 0.2) is 0 Å². The van der Waals surface area contributed by atoms with Gasteiger partial charge in [-0.05, 0) is 40.6 Å². The Hall–Kier alpha value is -0.770. The molecule has 88 valence electrons. The number of hydrogen-bond donors (Lipinski definition) is 0. The zero-order chi connectivity index (χ0) is 12.1. The van der Waals surface area contributed by atoms with Crippen LogP contribution in [0.3, 0.4) is 0 Å². The summed E-state index contributed by atoms with van der Waals surface area (Å²) in [5, 5.41) is 4.72. The number of Topliss-reactive ketones (excluding diaryl/α,β-unsaturated/α-hetero) is 1. The van der Waals surface area contributed by atoms with Crippen LogP contribution in [0.25, 0.3) is 0 Å². The van der Waals surface area contributed by atoms with E-state index in [4.69, 9.17) is 11.6 Å². The summed E-state index contributed by atoms with van der Waals surface area (Å²) in [7, 11) is 0. The number of rotatable bonds is 5. The lowest BCUT2D eigenvalue weighted by Crippen LogP contribution is -2.04. The van der Waals surface area contributed by atoms with Crippen molar-refractivity contribution in [3.8, 4) is 0 Å². The van der Waals surface area contributed by atoms with Crippen molar-refractivity contribution in [2.24, 2.45) is 0 Å². The summed E-state index contributed by atoms with van der Waals surface area (Å²) in [5.74, 6) is 0.740. The number of carbonyl (C=O) groups is 1. The Bertz CT molecular complexity index is 494. The molecule has 2 rings (SSSR count). The van der Waals surface area contributed by atoms with Crippen molar-refractivity contribution in [1.82, 2.24) is 0 Å². The van der Waals surface area contributed by atoms with Gasteiger partial charge in [-0.2, -0.15) is 11.3 Å².